The van der Waals surface area contributed by atoms with Gasteiger partial charge in [-0.1, -0.05) is 6.07 Å². The summed E-state index contributed by atoms with van der Waals surface area (Å²) in [7, 11) is 3.57. The van der Waals surface area contributed by atoms with Gasteiger partial charge in [0, 0.05) is 6.04 Å². The molecule has 1 unspecified atom stereocenters. The van der Waals surface area contributed by atoms with Gasteiger partial charge in [0.25, 0.3) is 0 Å². The Hall–Kier alpha value is -1.22. The zero-order chi connectivity index (χ0) is 11.3. The van der Waals surface area contributed by atoms with E-state index >= 15 is 0 Å². The molecule has 1 aromatic rings. The molecule has 0 bridgehead atoms. The fourth-order valence-electron chi connectivity index (χ4n) is 1.19. The van der Waals surface area contributed by atoms with Crippen LogP contribution < -0.4 is 14.8 Å². The van der Waals surface area contributed by atoms with Crippen molar-refractivity contribution < 1.29 is 9.47 Å². The van der Waals surface area contributed by atoms with E-state index in [1.807, 2.05) is 32.2 Å². The normalized spacial score (nSPS) is 12.3. The number of ether oxygens (including phenoxy) is 2. The van der Waals surface area contributed by atoms with E-state index in [1.54, 1.807) is 7.11 Å². The van der Waals surface area contributed by atoms with Gasteiger partial charge in [-0.05, 0) is 38.6 Å². The van der Waals surface area contributed by atoms with E-state index in [0.717, 1.165) is 11.5 Å². The molecule has 0 aliphatic heterocycles. The summed E-state index contributed by atoms with van der Waals surface area (Å²) in [6, 6.07) is 6.26. The summed E-state index contributed by atoms with van der Waals surface area (Å²) in [5.41, 5.74) is 1.17. The van der Waals surface area contributed by atoms with Gasteiger partial charge < -0.3 is 14.8 Å². The summed E-state index contributed by atoms with van der Waals surface area (Å²) in [4.78, 5) is 0. The third-order valence-electron chi connectivity index (χ3n) is 2.30. The molecule has 0 aliphatic rings. The Kier molecular flexibility index (Phi) is 4.43. The van der Waals surface area contributed by atoms with Crippen LogP contribution in [-0.4, -0.2) is 26.8 Å². The second-order valence-corrected chi connectivity index (χ2v) is 3.66. The molecule has 0 fully saturated rings. The zero-order valence-corrected chi connectivity index (χ0v) is 9.83. The van der Waals surface area contributed by atoms with E-state index in [2.05, 4.69) is 12.2 Å². The molecule has 84 valence electrons. The van der Waals surface area contributed by atoms with Crippen molar-refractivity contribution in [3.05, 3.63) is 23.8 Å². The van der Waals surface area contributed by atoms with Gasteiger partial charge in [-0.3, -0.25) is 0 Å². The Morgan fingerprint density at radius 2 is 2.07 bits per heavy atom. The van der Waals surface area contributed by atoms with Gasteiger partial charge in [0.1, 0.15) is 6.61 Å². The lowest BCUT2D eigenvalue weighted by atomic mass is 10.2. The molecule has 0 amide bonds. The van der Waals surface area contributed by atoms with Crippen molar-refractivity contribution in [1.29, 1.82) is 0 Å². The number of hydrogen-bond donors (Lipinski definition) is 1. The molecule has 0 heterocycles. The maximum atomic E-state index is 5.65. The van der Waals surface area contributed by atoms with Crippen LogP contribution in [0.4, 0.5) is 0 Å². The molecule has 0 aliphatic carbocycles. The van der Waals surface area contributed by atoms with Crippen LogP contribution >= 0.6 is 0 Å². The summed E-state index contributed by atoms with van der Waals surface area (Å²) < 4.78 is 10.9. The Labute approximate surface area is 91.4 Å². The van der Waals surface area contributed by atoms with E-state index < -0.39 is 0 Å². The molecule has 0 saturated carbocycles. The number of hydrogen-bond acceptors (Lipinski definition) is 3. The van der Waals surface area contributed by atoms with E-state index in [0.29, 0.717) is 12.6 Å². The molecule has 1 N–H and O–H groups in total. The zero-order valence-electron chi connectivity index (χ0n) is 9.83. The van der Waals surface area contributed by atoms with Crippen LogP contribution in [0.1, 0.15) is 12.5 Å². The van der Waals surface area contributed by atoms with Gasteiger partial charge in [0.15, 0.2) is 11.5 Å². The summed E-state index contributed by atoms with van der Waals surface area (Å²) >= 11 is 0. The predicted octanol–water partition coefficient (Wildman–Crippen LogP) is 1.99. The quantitative estimate of drug-likeness (QED) is 0.804. The van der Waals surface area contributed by atoms with Crippen molar-refractivity contribution in [2.45, 2.75) is 19.9 Å². The number of rotatable bonds is 5. The number of nitrogens with one attached hydrogen (secondary N) is 1. The van der Waals surface area contributed by atoms with Gasteiger partial charge in [-0.25, -0.2) is 0 Å². The van der Waals surface area contributed by atoms with Gasteiger partial charge in [-0.2, -0.15) is 0 Å². The molecule has 0 spiro atoms. The van der Waals surface area contributed by atoms with E-state index in [-0.39, 0.29) is 0 Å². The third kappa shape index (κ3) is 3.44. The number of methoxy groups -OCH3 is 1. The second-order valence-electron chi connectivity index (χ2n) is 3.66. The highest BCUT2D eigenvalue weighted by atomic mass is 16.5. The molecular formula is C12H19NO2. The van der Waals surface area contributed by atoms with Gasteiger partial charge in [0.05, 0.1) is 7.11 Å². The standard InChI is InChI=1S/C12H19NO2/c1-9-5-6-11(12(7-9)14-4)15-8-10(2)13-3/h5-7,10,13H,8H2,1-4H3. The number of likely N-dealkylation sites (N-methyl/N-ethyl adjacent to an activating group) is 1. The molecule has 1 rings (SSSR count). The number of aryl methyl sites for hydroxylation is 1. The molecule has 3 heteroatoms. The van der Waals surface area contributed by atoms with E-state index in [4.69, 9.17) is 9.47 Å². The maximum Gasteiger partial charge on any atom is 0.161 e. The first-order valence-electron chi connectivity index (χ1n) is 5.12. The first-order valence-corrected chi connectivity index (χ1v) is 5.12. The molecule has 1 atom stereocenters. The highest BCUT2D eigenvalue weighted by molar-refractivity contribution is 5.42. The molecule has 3 nitrogen and oxygen atoms in total. The van der Waals surface area contributed by atoms with E-state index in [1.165, 1.54) is 5.56 Å². The lowest BCUT2D eigenvalue weighted by Gasteiger charge is -2.14. The summed E-state index contributed by atoms with van der Waals surface area (Å²) in [5, 5.41) is 3.12. The van der Waals surface area contributed by atoms with Gasteiger partial charge in [0.2, 0.25) is 0 Å². The third-order valence-corrected chi connectivity index (χ3v) is 2.30. The highest BCUT2D eigenvalue weighted by Gasteiger charge is 2.05. The van der Waals surface area contributed by atoms with Crippen LogP contribution in [0.25, 0.3) is 0 Å². The minimum absolute atomic E-state index is 0.330. The fourth-order valence-corrected chi connectivity index (χ4v) is 1.19. The molecule has 0 radical (unpaired) electrons. The summed E-state index contributed by atoms with van der Waals surface area (Å²) in [5.74, 6) is 1.59. The van der Waals surface area contributed by atoms with Crippen LogP contribution in [-0.2, 0) is 0 Å². The maximum absolute atomic E-state index is 5.65. The average molecular weight is 209 g/mol. The first kappa shape index (κ1) is 11.9. The average Bonchev–Trinajstić information content (AvgIpc) is 2.26. The smallest absolute Gasteiger partial charge is 0.161 e. The molecule has 15 heavy (non-hydrogen) atoms. The Bertz CT molecular complexity index is 312. The first-order chi connectivity index (χ1) is 7.17. The second kappa shape index (κ2) is 5.61. The molecule has 0 saturated heterocycles. The molecular weight excluding hydrogens is 190 g/mol. The van der Waals surface area contributed by atoms with Crippen LogP contribution in [0, 0.1) is 6.92 Å². The van der Waals surface area contributed by atoms with Crippen LogP contribution in [0.2, 0.25) is 0 Å². The SMILES string of the molecule is CNC(C)COc1ccc(C)cc1OC. The minimum Gasteiger partial charge on any atom is -0.493 e. The van der Waals surface area contributed by atoms with Crippen LogP contribution in [0.3, 0.4) is 0 Å². The van der Waals surface area contributed by atoms with Crippen molar-refractivity contribution in [2.24, 2.45) is 0 Å². The topological polar surface area (TPSA) is 30.5 Å². The minimum atomic E-state index is 0.330. The molecule has 1 aromatic carbocycles. The number of benzene rings is 1. The van der Waals surface area contributed by atoms with Gasteiger partial charge >= 0.3 is 0 Å². The van der Waals surface area contributed by atoms with Crippen LogP contribution in [0.15, 0.2) is 18.2 Å². The summed E-state index contributed by atoms with van der Waals surface area (Å²) in [6.45, 7) is 4.74. The Morgan fingerprint density at radius 1 is 1.33 bits per heavy atom. The Balaban J connectivity index is 2.67. The highest BCUT2D eigenvalue weighted by Crippen LogP contribution is 2.27. The van der Waals surface area contributed by atoms with Gasteiger partial charge in [-0.15, -0.1) is 0 Å². The van der Waals surface area contributed by atoms with Crippen LogP contribution in [0.5, 0.6) is 11.5 Å². The lowest BCUT2D eigenvalue weighted by Crippen LogP contribution is -2.28. The van der Waals surface area contributed by atoms with Crippen molar-refractivity contribution in [1.82, 2.24) is 5.32 Å². The summed E-state index contributed by atoms with van der Waals surface area (Å²) in [6.07, 6.45) is 0. The largest absolute Gasteiger partial charge is 0.493 e. The van der Waals surface area contributed by atoms with Crippen molar-refractivity contribution >= 4 is 0 Å². The monoisotopic (exact) mass is 209 g/mol. The van der Waals surface area contributed by atoms with Crippen molar-refractivity contribution in [2.75, 3.05) is 20.8 Å². The predicted molar refractivity (Wildman–Crippen MR) is 61.7 cm³/mol. The van der Waals surface area contributed by atoms with E-state index in [9.17, 15) is 0 Å². The lowest BCUT2D eigenvalue weighted by molar-refractivity contribution is 0.265. The molecule has 0 aromatic heterocycles. The van der Waals surface area contributed by atoms with Crippen molar-refractivity contribution in [3.8, 4) is 11.5 Å². The fraction of sp³-hybridized carbons (Fsp3) is 0.500. The van der Waals surface area contributed by atoms with Crippen molar-refractivity contribution in [3.63, 3.8) is 0 Å². The Morgan fingerprint density at radius 3 is 2.67 bits per heavy atom.